The second-order valence-electron chi connectivity index (χ2n) is 5.97. The molecule has 0 saturated heterocycles. The predicted octanol–water partition coefficient (Wildman–Crippen LogP) is 4.34. The molecule has 1 aliphatic rings. The molecule has 0 fully saturated rings. The fraction of sp³-hybridized carbons (Fsp3) is 0.350. The van der Waals surface area contributed by atoms with Gasteiger partial charge < -0.3 is 9.47 Å². The van der Waals surface area contributed by atoms with E-state index in [9.17, 15) is 4.79 Å². The summed E-state index contributed by atoms with van der Waals surface area (Å²) in [7, 11) is 3.10. The van der Waals surface area contributed by atoms with Crippen molar-refractivity contribution in [2.75, 3.05) is 14.2 Å². The highest BCUT2D eigenvalue weighted by molar-refractivity contribution is 6.00. The minimum atomic E-state index is -0.260. The lowest BCUT2D eigenvalue weighted by Gasteiger charge is -2.24. The lowest BCUT2D eigenvalue weighted by Crippen LogP contribution is -2.15. The Bertz CT molecular complexity index is 747. The predicted molar refractivity (Wildman–Crippen MR) is 91.1 cm³/mol. The van der Waals surface area contributed by atoms with Crippen molar-refractivity contribution in [3.8, 4) is 16.9 Å². The third kappa shape index (κ3) is 2.72. The molecular formula is C20H22O3. The van der Waals surface area contributed by atoms with Gasteiger partial charge in [-0.25, -0.2) is 4.79 Å². The molecule has 0 spiro atoms. The lowest BCUT2D eigenvalue weighted by atomic mass is 9.81. The number of benzene rings is 2. The highest BCUT2D eigenvalue weighted by Crippen LogP contribution is 2.38. The Kier molecular flexibility index (Phi) is 4.37. The van der Waals surface area contributed by atoms with Crippen molar-refractivity contribution in [1.29, 1.82) is 0 Å². The number of hydrogen-bond acceptors (Lipinski definition) is 3. The topological polar surface area (TPSA) is 35.5 Å². The molecule has 3 nitrogen and oxygen atoms in total. The smallest absolute Gasteiger partial charge is 0.338 e. The van der Waals surface area contributed by atoms with Crippen molar-refractivity contribution >= 4 is 5.97 Å². The van der Waals surface area contributed by atoms with Gasteiger partial charge in [-0.2, -0.15) is 0 Å². The van der Waals surface area contributed by atoms with Gasteiger partial charge in [-0.05, 0) is 55.4 Å². The van der Waals surface area contributed by atoms with E-state index in [0.29, 0.717) is 5.56 Å². The number of fused-ring (bicyclic) bond motifs is 1. The first kappa shape index (κ1) is 15.6. The van der Waals surface area contributed by atoms with Crippen LogP contribution in [0.3, 0.4) is 0 Å². The summed E-state index contributed by atoms with van der Waals surface area (Å²) in [5.41, 5.74) is 6.27. The number of esters is 1. The first-order chi connectivity index (χ1) is 11.2. The van der Waals surface area contributed by atoms with E-state index in [0.717, 1.165) is 41.7 Å². The standard InChI is InChI=1S/C20H22O3/c1-13-12-17(15-9-6-7-11-18(15)22-2)19(20(21)23-3)16-10-5-4-8-14(13)16/h6-7,9,11-12H,4-5,8,10H2,1-3H3. The molecule has 23 heavy (non-hydrogen) atoms. The van der Waals surface area contributed by atoms with E-state index in [4.69, 9.17) is 9.47 Å². The molecule has 0 aliphatic heterocycles. The van der Waals surface area contributed by atoms with Gasteiger partial charge in [0.2, 0.25) is 0 Å². The maximum absolute atomic E-state index is 12.5. The molecule has 0 saturated carbocycles. The largest absolute Gasteiger partial charge is 0.496 e. The van der Waals surface area contributed by atoms with Crippen LogP contribution in [0.2, 0.25) is 0 Å². The quantitative estimate of drug-likeness (QED) is 0.791. The van der Waals surface area contributed by atoms with Crippen LogP contribution in [0.1, 0.15) is 39.9 Å². The Morgan fingerprint density at radius 2 is 1.70 bits per heavy atom. The molecule has 0 atom stereocenters. The van der Waals surface area contributed by atoms with Gasteiger partial charge in [0.15, 0.2) is 0 Å². The molecule has 3 heteroatoms. The van der Waals surface area contributed by atoms with Crippen LogP contribution in [-0.4, -0.2) is 20.2 Å². The van der Waals surface area contributed by atoms with Crippen LogP contribution in [0.4, 0.5) is 0 Å². The second kappa shape index (κ2) is 6.45. The molecular weight excluding hydrogens is 288 g/mol. The first-order valence-corrected chi connectivity index (χ1v) is 8.04. The zero-order chi connectivity index (χ0) is 16.4. The maximum Gasteiger partial charge on any atom is 0.338 e. The maximum atomic E-state index is 12.5. The number of ether oxygens (including phenoxy) is 2. The van der Waals surface area contributed by atoms with Crippen LogP contribution in [0.5, 0.6) is 5.75 Å². The van der Waals surface area contributed by atoms with E-state index in [1.54, 1.807) is 7.11 Å². The Morgan fingerprint density at radius 3 is 2.39 bits per heavy atom. The zero-order valence-electron chi connectivity index (χ0n) is 13.9. The summed E-state index contributed by atoms with van der Waals surface area (Å²) in [5.74, 6) is 0.511. The minimum absolute atomic E-state index is 0.260. The number of carbonyl (C=O) groups excluding carboxylic acids is 1. The fourth-order valence-electron chi connectivity index (χ4n) is 3.57. The molecule has 0 unspecified atom stereocenters. The van der Waals surface area contributed by atoms with Gasteiger partial charge in [-0.15, -0.1) is 0 Å². The van der Waals surface area contributed by atoms with E-state index >= 15 is 0 Å². The SMILES string of the molecule is COC(=O)c1c(-c2ccccc2OC)cc(C)c2c1CCCC2. The number of hydrogen-bond donors (Lipinski definition) is 0. The van der Waals surface area contributed by atoms with Gasteiger partial charge in [0, 0.05) is 11.1 Å². The summed E-state index contributed by atoms with van der Waals surface area (Å²) >= 11 is 0. The van der Waals surface area contributed by atoms with Crippen molar-refractivity contribution in [2.24, 2.45) is 0 Å². The number of aryl methyl sites for hydroxylation is 1. The van der Waals surface area contributed by atoms with Crippen molar-refractivity contribution in [3.05, 3.63) is 52.6 Å². The lowest BCUT2D eigenvalue weighted by molar-refractivity contribution is 0.0600. The van der Waals surface area contributed by atoms with Crippen LogP contribution in [0, 0.1) is 6.92 Å². The van der Waals surface area contributed by atoms with Gasteiger partial charge >= 0.3 is 5.97 Å². The molecule has 0 heterocycles. The summed E-state index contributed by atoms with van der Waals surface area (Å²) in [6.07, 6.45) is 4.27. The molecule has 1 aliphatic carbocycles. The zero-order valence-corrected chi connectivity index (χ0v) is 13.9. The molecule has 2 aromatic carbocycles. The molecule has 0 radical (unpaired) electrons. The summed E-state index contributed by atoms with van der Waals surface area (Å²) in [5, 5.41) is 0. The molecule has 120 valence electrons. The second-order valence-corrected chi connectivity index (χ2v) is 5.97. The number of methoxy groups -OCH3 is 2. The van der Waals surface area contributed by atoms with Crippen LogP contribution < -0.4 is 4.74 Å². The van der Waals surface area contributed by atoms with E-state index in [-0.39, 0.29) is 5.97 Å². The van der Waals surface area contributed by atoms with E-state index in [1.807, 2.05) is 24.3 Å². The van der Waals surface area contributed by atoms with Gasteiger partial charge in [-0.1, -0.05) is 24.3 Å². The Morgan fingerprint density at radius 1 is 1.00 bits per heavy atom. The number of para-hydroxylation sites is 1. The third-order valence-electron chi connectivity index (χ3n) is 4.66. The van der Waals surface area contributed by atoms with Gasteiger partial charge in [0.05, 0.1) is 19.8 Å². The summed E-state index contributed by atoms with van der Waals surface area (Å²) in [4.78, 5) is 12.5. The van der Waals surface area contributed by atoms with Crippen LogP contribution in [0.25, 0.3) is 11.1 Å². The van der Waals surface area contributed by atoms with Crippen LogP contribution >= 0.6 is 0 Å². The Hall–Kier alpha value is -2.29. The Balaban J connectivity index is 2.32. The summed E-state index contributed by atoms with van der Waals surface area (Å²) in [6, 6.07) is 9.92. The van der Waals surface area contributed by atoms with E-state index < -0.39 is 0 Å². The average molecular weight is 310 g/mol. The van der Waals surface area contributed by atoms with Crippen molar-refractivity contribution in [1.82, 2.24) is 0 Å². The third-order valence-corrected chi connectivity index (χ3v) is 4.66. The minimum Gasteiger partial charge on any atom is -0.496 e. The average Bonchev–Trinajstić information content (AvgIpc) is 2.61. The molecule has 0 N–H and O–H groups in total. The first-order valence-electron chi connectivity index (χ1n) is 8.04. The number of rotatable bonds is 3. The highest BCUT2D eigenvalue weighted by Gasteiger charge is 2.25. The number of carbonyl (C=O) groups is 1. The van der Waals surface area contributed by atoms with Crippen LogP contribution in [0.15, 0.2) is 30.3 Å². The molecule has 0 aromatic heterocycles. The summed E-state index contributed by atoms with van der Waals surface area (Å²) in [6.45, 7) is 2.13. The molecule has 0 bridgehead atoms. The molecule has 2 aromatic rings. The van der Waals surface area contributed by atoms with E-state index in [1.165, 1.54) is 24.7 Å². The fourth-order valence-corrected chi connectivity index (χ4v) is 3.57. The van der Waals surface area contributed by atoms with Crippen molar-refractivity contribution in [2.45, 2.75) is 32.6 Å². The van der Waals surface area contributed by atoms with E-state index in [2.05, 4.69) is 13.0 Å². The van der Waals surface area contributed by atoms with Crippen molar-refractivity contribution < 1.29 is 14.3 Å². The Labute approximate surface area is 137 Å². The molecule has 3 rings (SSSR count). The van der Waals surface area contributed by atoms with Crippen molar-refractivity contribution in [3.63, 3.8) is 0 Å². The van der Waals surface area contributed by atoms with Gasteiger partial charge in [-0.3, -0.25) is 0 Å². The van der Waals surface area contributed by atoms with Crippen LogP contribution in [-0.2, 0) is 17.6 Å². The highest BCUT2D eigenvalue weighted by atomic mass is 16.5. The monoisotopic (exact) mass is 310 g/mol. The summed E-state index contributed by atoms with van der Waals surface area (Å²) < 4.78 is 10.6. The normalized spacial score (nSPS) is 13.3. The van der Waals surface area contributed by atoms with Gasteiger partial charge in [0.1, 0.15) is 5.75 Å². The van der Waals surface area contributed by atoms with Gasteiger partial charge in [0.25, 0.3) is 0 Å². The molecule has 0 amide bonds.